The highest BCUT2D eigenvalue weighted by Gasteiger charge is 2.09. The molecule has 2 aromatic carbocycles. The van der Waals surface area contributed by atoms with Gasteiger partial charge >= 0.3 is 12.1 Å². The summed E-state index contributed by atoms with van der Waals surface area (Å²) in [6, 6.07) is 14.8. The lowest BCUT2D eigenvalue weighted by Crippen LogP contribution is -2.16. The number of para-hydroxylation sites is 1. The molecule has 0 aliphatic rings. The van der Waals surface area contributed by atoms with Crippen LogP contribution in [0.1, 0.15) is 23.2 Å². The Labute approximate surface area is 132 Å². The fourth-order valence-electron chi connectivity index (χ4n) is 1.84. The number of nitrogens with one attached hydrogen (secondary N) is 1. The average Bonchev–Trinajstić information content (AvgIpc) is 2.54. The maximum absolute atomic E-state index is 11.7. The molecule has 118 valence electrons. The monoisotopic (exact) mass is 313 g/mol. The minimum Gasteiger partial charge on any atom is -0.481 e. The fraction of sp³-hybridized carbons (Fsp3) is 0.118. The number of amides is 1. The molecular weight excluding hydrogens is 298 g/mol. The predicted molar refractivity (Wildman–Crippen MR) is 83.7 cm³/mol. The second-order valence-electron chi connectivity index (χ2n) is 4.72. The molecule has 6 heteroatoms. The maximum atomic E-state index is 11.7. The van der Waals surface area contributed by atoms with Crippen LogP contribution in [0.2, 0.25) is 0 Å². The minimum atomic E-state index is -1.01. The van der Waals surface area contributed by atoms with Gasteiger partial charge in [0.15, 0.2) is 5.78 Å². The molecule has 0 fully saturated rings. The van der Waals surface area contributed by atoms with Gasteiger partial charge in [0.2, 0.25) is 0 Å². The molecule has 0 radical (unpaired) electrons. The highest BCUT2D eigenvalue weighted by Crippen LogP contribution is 2.14. The number of rotatable bonds is 6. The number of ether oxygens (including phenoxy) is 1. The molecule has 0 bridgehead atoms. The number of carbonyl (C=O) groups excluding carboxylic acids is 2. The lowest BCUT2D eigenvalue weighted by atomic mass is 10.1. The SMILES string of the molecule is O=C(O)CCC(=O)c1ccc(NC(=O)Oc2ccccc2)cc1. The molecule has 0 spiro atoms. The molecule has 0 unspecified atom stereocenters. The summed E-state index contributed by atoms with van der Waals surface area (Å²) >= 11 is 0. The predicted octanol–water partition coefficient (Wildman–Crippen LogP) is 3.35. The van der Waals surface area contributed by atoms with E-state index in [1.165, 1.54) is 12.1 Å². The molecule has 2 rings (SSSR count). The topological polar surface area (TPSA) is 92.7 Å². The maximum Gasteiger partial charge on any atom is 0.417 e. The van der Waals surface area contributed by atoms with Crippen molar-refractivity contribution in [1.82, 2.24) is 0 Å². The summed E-state index contributed by atoms with van der Waals surface area (Å²) in [5.41, 5.74) is 0.869. The molecule has 23 heavy (non-hydrogen) atoms. The summed E-state index contributed by atoms with van der Waals surface area (Å²) in [5, 5.41) is 11.1. The van der Waals surface area contributed by atoms with Crippen LogP contribution in [0, 0.1) is 0 Å². The molecule has 2 N–H and O–H groups in total. The van der Waals surface area contributed by atoms with Crippen LogP contribution >= 0.6 is 0 Å². The van der Waals surface area contributed by atoms with Crippen LogP contribution < -0.4 is 10.1 Å². The largest absolute Gasteiger partial charge is 0.481 e. The van der Waals surface area contributed by atoms with Gasteiger partial charge < -0.3 is 9.84 Å². The number of Topliss-reactive ketones (excluding diaryl/α,β-unsaturated/α-hetero) is 1. The first-order chi connectivity index (χ1) is 11.0. The van der Waals surface area contributed by atoms with E-state index in [1.54, 1.807) is 36.4 Å². The average molecular weight is 313 g/mol. The summed E-state index contributed by atoms with van der Waals surface area (Å²) in [7, 11) is 0. The summed E-state index contributed by atoms with van der Waals surface area (Å²) < 4.78 is 5.08. The number of benzene rings is 2. The van der Waals surface area contributed by atoms with Crippen molar-refractivity contribution in [3.05, 3.63) is 60.2 Å². The van der Waals surface area contributed by atoms with Crippen LogP contribution in [-0.2, 0) is 4.79 Å². The van der Waals surface area contributed by atoms with Gasteiger partial charge in [0.25, 0.3) is 0 Å². The number of ketones is 1. The zero-order valence-corrected chi connectivity index (χ0v) is 12.2. The molecule has 0 heterocycles. The number of hydrogen-bond acceptors (Lipinski definition) is 4. The van der Waals surface area contributed by atoms with E-state index < -0.39 is 12.1 Å². The number of anilines is 1. The number of hydrogen-bond donors (Lipinski definition) is 2. The van der Waals surface area contributed by atoms with Crippen molar-refractivity contribution in [3.63, 3.8) is 0 Å². The third-order valence-corrected chi connectivity index (χ3v) is 2.97. The van der Waals surface area contributed by atoms with Gasteiger partial charge in [0, 0.05) is 17.7 Å². The highest BCUT2D eigenvalue weighted by atomic mass is 16.6. The van der Waals surface area contributed by atoms with Gasteiger partial charge in [-0.1, -0.05) is 18.2 Å². The van der Waals surface area contributed by atoms with Gasteiger partial charge in [-0.3, -0.25) is 14.9 Å². The van der Waals surface area contributed by atoms with E-state index >= 15 is 0 Å². The molecular formula is C17H15NO5. The first-order valence-corrected chi connectivity index (χ1v) is 6.93. The van der Waals surface area contributed by atoms with Gasteiger partial charge in [-0.15, -0.1) is 0 Å². The van der Waals surface area contributed by atoms with Crippen LogP contribution in [0.15, 0.2) is 54.6 Å². The first-order valence-electron chi connectivity index (χ1n) is 6.93. The Kier molecular flexibility index (Phi) is 5.46. The Morgan fingerprint density at radius 3 is 2.17 bits per heavy atom. The van der Waals surface area contributed by atoms with Crippen molar-refractivity contribution in [2.24, 2.45) is 0 Å². The van der Waals surface area contributed by atoms with E-state index in [0.29, 0.717) is 17.0 Å². The standard InChI is InChI=1S/C17H15NO5/c19-15(10-11-16(20)21)12-6-8-13(9-7-12)18-17(22)23-14-4-2-1-3-5-14/h1-9H,10-11H2,(H,18,22)(H,20,21). The van der Waals surface area contributed by atoms with Crippen LogP contribution in [0.3, 0.4) is 0 Å². The van der Waals surface area contributed by atoms with Crippen LogP contribution in [0.25, 0.3) is 0 Å². The second-order valence-corrected chi connectivity index (χ2v) is 4.72. The molecule has 0 aliphatic carbocycles. The van der Waals surface area contributed by atoms with E-state index in [9.17, 15) is 14.4 Å². The molecule has 6 nitrogen and oxygen atoms in total. The van der Waals surface area contributed by atoms with Gasteiger partial charge in [0.1, 0.15) is 5.75 Å². The molecule has 1 amide bonds. The van der Waals surface area contributed by atoms with Crippen LogP contribution in [0.5, 0.6) is 5.75 Å². The number of aliphatic carboxylic acids is 1. The molecule has 0 saturated heterocycles. The zero-order valence-electron chi connectivity index (χ0n) is 12.2. The van der Waals surface area contributed by atoms with Crippen LogP contribution in [0.4, 0.5) is 10.5 Å². The molecule has 2 aromatic rings. The Morgan fingerprint density at radius 1 is 0.913 bits per heavy atom. The van der Waals surface area contributed by atoms with Crippen molar-refractivity contribution >= 4 is 23.5 Å². The van der Waals surface area contributed by atoms with Crippen LogP contribution in [-0.4, -0.2) is 23.0 Å². The van der Waals surface area contributed by atoms with Crippen molar-refractivity contribution in [2.45, 2.75) is 12.8 Å². The summed E-state index contributed by atoms with van der Waals surface area (Å²) in [4.78, 5) is 33.9. The molecule has 0 atom stereocenters. The second kappa shape index (κ2) is 7.74. The van der Waals surface area contributed by atoms with E-state index in [2.05, 4.69) is 5.32 Å². The lowest BCUT2D eigenvalue weighted by Gasteiger charge is -2.07. The zero-order chi connectivity index (χ0) is 16.7. The minimum absolute atomic E-state index is 0.0574. The lowest BCUT2D eigenvalue weighted by molar-refractivity contribution is -0.136. The van der Waals surface area contributed by atoms with Gasteiger partial charge in [-0.05, 0) is 36.4 Å². The quantitative estimate of drug-likeness (QED) is 0.798. The highest BCUT2D eigenvalue weighted by molar-refractivity contribution is 5.98. The number of carbonyl (C=O) groups is 3. The third kappa shape index (κ3) is 5.28. The van der Waals surface area contributed by atoms with E-state index in [4.69, 9.17) is 9.84 Å². The van der Waals surface area contributed by atoms with Crippen molar-refractivity contribution in [2.75, 3.05) is 5.32 Å². The summed E-state index contributed by atoms with van der Waals surface area (Å²) in [6.07, 6.45) is -0.901. The van der Waals surface area contributed by atoms with Gasteiger partial charge in [-0.25, -0.2) is 4.79 Å². The Balaban J connectivity index is 1.90. The number of carboxylic acid groups (broad SMARTS) is 1. The van der Waals surface area contributed by atoms with Crippen molar-refractivity contribution in [3.8, 4) is 5.75 Å². The Bertz CT molecular complexity index is 695. The smallest absolute Gasteiger partial charge is 0.417 e. The van der Waals surface area contributed by atoms with Gasteiger partial charge in [-0.2, -0.15) is 0 Å². The van der Waals surface area contributed by atoms with E-state index in [0.717, 1.165) is 0 Å². The van der Waals surface area contributed by atoms with Crippen molar-refractivity contribution < 1.29 is 24.2 Å². The van der Waals surface area contributed by atoms with E-state index in [-0.39, 0.29) is 18.6 Å². The van der Waals surface area contributed by atoms with Crippen molar-refractivity contribution in [1.29, 1.82) is 0 Å². The Morgan fingerprint density at radius 2 is 1.57 bits per heavy atom. The normalized spacial score (nSPS) is 9.91. The van der Waals surface area contributed by atoms with E-state index in [1.807, 2.05) is 6.07 Å². The third-order valence-electron chi connectivity index (χ3n) is 2.97. The Hall–Kier alpha value is -3.15. The molecule has 0 aliphatic heterocycles. The molecule has 0 aromatic heterocycles. The van der Waals surface area contributed by atoms with Gasteiger partial charge in [0.05, 0.1) is 6.42 Å². The summed E-state index contributed by atoms with van der Waals surface area (Å²) in [6.45, 7) is 0. The summed E-state index contributed by atoms with van der Waals surface area (Å²) in [5.74, 6) is -0.850. The first kappa shape index (κ1) is 16.2. The number of carboxylic acids is 1. The molecule has 0 saturated carbocycles. The fourth-order valence-corrected chi connectivity index (χ4v) is 1.84.